The molecule has 0 aliphatic heterocycles. The highest BCUT2D eigenvalue weighted by molar-refractivity contribution is 5.96. The molecule has 0 spiro atoms. The summed E-state index contributed by atoms with van der Waals surface area (Å²) in [5, 5.41) is 0. The predicted octanol–water partition coefficient (Wildman–Crippen LogP) is 4.39. The van der Waals surface area contributed by atoms with Crippen molar-refractivity contribution in [2.75, 3.05) is 20.3 Å². The van der Waals surface area contributed by atoms with E-state index in [1.165, 1.54) is 6.92 Å². The fourth-order valence-corrected chi connectivity index (χ4v) is 2.29. The minimum atomic E-state index is -0.0206. The van der Waals surface area contributed by atoms with E-state index in [9.17, 15) is 4.79 Å². The average Bonchev–Trinajstić information content (AvgIpc) is 2.60. The summed E-state index contributed by atoms with van der Waals surface area (Å²) in [5.41, 5.74) is 1.62. The number of carbonyl (C=O) groups is 1. The zero-order valence-electron chi connectivity index (χ0n) is 14.2. The van der Waals surface area contributed by atoms with Crippen molar-refractivity contribution in [3.63, 3.8) is 0 Å². The van der Waals surface area contributed by atoms with Crippen LogP contribution in [-0.4, -0.2) is 26.1 Å². The van der Waals surface area contributed by atoms with Gasteiger partial charge < -0.3 is 14.2 Å². The molecule has 0 fully saturated rings. The Labute approximate surface area is 142 Å². The lowest BCUT2D eigenvalue weighted by molar-refractivity contribution is 0.101. The maximum absolute atomic E-state index is 11.6. The maximum Gasteiger partial charge on any atom is 0.163 e. The Hall–Kier alpha value is -2.75. The summed E-state index contributed by atoms with van der Waals surface area (Å²) in [6.45, 7) is 4.18. The summed E-state index contributed by atoms with van der Waals surface area (Å²) in [7, 11) is 1.61. The number of allylic oxidation sites excluding steroid dienone is 1. The molecule has 4 nitrogen and oxygen atoms in total. The minimum Gasteiger partial charge on any atom is -0.493 e. The Bertz CT molecular complexity index is 719. The van der Waals surface area contributed by atoms with E-state index in [-0.39, 0.29) is 5.78 Å². The van der Waals surface area contributed by atoms with E-state index in [4.69, 9.17) is 14.2 Å². The summed E-state index contributed by atoms with van der Waals surface area (Å²) < 4.78 is 16.7. The van der Waals surface area contributed by atoms with Gasteiger partial charge in [-0.2, -0.15) is 0 Å². The van der Waals surface area contributed by atoms with Crippen LogP contribution in [0.2, 0.25) is 0 Å². The van der Waals surface area contributed by atoms with Gasteiger partial charge in [-0.05, 0) is 43.7 Å². The third kappa shape index (κ3) is 4.62. The highest BCUT2D eigenvalue weighted by Crippen LogP contribution is 2.28. The molecule has 0 saturated heterocycles. The van der Waals surface area contributed by atoms with Crippen molar-refractivity contribution in [1.82, 2.24) is 0 Å². The summed E-state index contributed by atoms with van der Waals surface area (Å²) in [6.07, 6.45) is 3.96. The van der Waals surface area contributed by atoms with Crippen LogP contribution >= 0.6 is 0 Å². The van der Waals surface area contributed by atoms with Gasteiger partial charge in [0.15, 0.2) is 17.3 Å². The van der Waals surface area contributed by atoms with Crippen LogP contribution in [-0.2, 0) is 0 Å². The topological polar surface area (TPSA) is 44.8 Å². The number of carbonyl (C=O) groups excluding carboxylic acids is 1. The maximum atomic E-state index is 11.6. The lowest BCUT2D eigenvalue weighted by Gasteiger charge is -2.13. The molecular weight excluding hydrogens is 304 g/mol. The Morgan fingerprint density at radius 2 is 1.71 bits per heavy atom. The standard InChI is InChI=1S/C20H22O4/c1-4-7-16-10-11-19(20(14-16)22-3)24-13-12-23-18-9-6-5-8-17(18)15(2)21/h4-11,14H,12-13H2,1-3H3. The van der Waals surface area contributed by atoms with Crippen molar-refractivity contribution < 1.29 is 19.0 Å². The van der Waals surface area contributed by atoms with Gasteiger partial charge in [-0.25, -0.2) is 0 Å². The van der Waals surface area contributed by atoms with E-state index in [0.717, 1.165) is 5.56 Å². The van der Waals surface area contributed by atoms with E-state index in [1.807, 2.05) is 49.4 Å². The first-order valence-electron chi connectivity index (χ1n) is 7.82. The van der Waals surface area contributed by atoms with Crippen molar-refractivity contribution in [2.45, 2.75) is 13.8 Å². The van der Waals surface area contributed by atoms with Crippen LogP contribution in [0.4, 0.5) is 0 Å². The number of rotatable bonds is 8. The number of para-hydroxylation sites is 1. The lowest BCUT2D eigenvalue weighted by atomic mass is 10.1. The van der Waals surface area contributed by atoms with Gasteiger partial charge >= 0.3 is 0 Å². The number of ether oxygens (including phenoxy) is 3. The molecule has 0 amide bonds. The van der Waals surface area contributed by atoms with Gasteiger partial charge in [0.1, 0.15) is 19.0 Å². The van der Waals surface area contributed by atoms with Gasteiger partial charge in [-0.1, -0.05) is 30.4 Å². The predicted molar refractivity (Wildman–Crippen MR) is 95.1 cm³/mol. The molecule has 0 bridgehead atoms. The second kappa shape index (κ2) is 8.77. The third-order valence-corrected chi connectivity index (χ3v) is 3.41. The summed E-state index contributed by atoms with van der Waals surface area (Å²) in [5.74, 6) is 1.89. The monoisotopic (exact) mass is 326 g/mol. The highest BCUT2D eigenvalue weighted by Gasteiger charge is 2.08. The Balaban J connectivity index is 1.94. The first-order valence-corrected chi connectivity index (χ1v) is 7.82. The van der Waals surface area contributed by atoms with Crippen molar-refractivity contribution in [2.24, 2.45) is 0 Å². The van der Waals surface area contributed by atoms with Crippen molar-refractivity contribution in [1.29, 1.82) is 0 Å². The Morgan fingerprint density at radius 3 is 2.38 bits per heavy atom. The van der Waals surface area contributed by atoms with E-state index in [0.29, 0.717) is 36.0 Å². The molecule has 0 aromatic heterocycles. The van der Waals surface area contributed by atoms with Crippen molar-refractivity contribution >= 4 is 11.9 Å². The number of hydrogen-bond donors (Lipinski definition) is 0. The molecule has 2 aromatic rings. The summed E-state index contributed by atoms with van der Waals surface area (Å²) in [6, 6.07) is 12.9. The molecule has 0 unspecified atom stereocenters. The first kappa shape index (κ1) is 17.6. The molecule has 0 N–H and O–H groups in total. The smallest absolute Gasteiger partial charge is 0.163 e. The van der Waals surface area contributed by atoms with E-state index in [2.05, 4.69) is 0 Å². The zero-order valence-corrected chi connectivity index (χ0v) is 14.2. The van der Waals surface area contributed by atoms with Crippen LogP contribution in [0.25, 0.3) is 6.08 Å². The molecule has 0 heterocycles. The molecular formula is C20H22O4. The molecule has 0 radical (unpaired) electrons. The quantitative estimate of drug-likeness (QED) is 0.533. The second-order valence-electron chi connectivity index (χ2n) is 5.16. The van der Waals surface area contributed by atoms with Crippen LogP contribution < -0.4 is 14.2 Å². The van der Waals surface area contributed by atoms with Gasteiger partial charge in [-0.15, -0.1) is 0 Å². The molecule has 0 aliphatic rings. The van der Waals surface area contributed by atoms with Crippen LogP contribution in [0.1, 0.15) is 29.8 Å². The number of hydrogen-bond acceptors (Lipinski definition) is 4. The molecule has 2 rings (SSSR count). The molecule has 0 atom stereocenters. The highest BCUT2D eigenvalue weighted by atomic mass is 16.5. The number of Topliss-reactive ketones (excluding diaryl/α,β-unsaturated/α-hetero) is 1. The molecule has 2 aromatic carbocycles. The first-order chi connectivity index (χ1) is 11.7. The van der Waals surface area contributed by atoms with Crippen molar-refractivity contribution in [3.8, 4) is 17.2 Å². The largest absolute Gasteiger partial charge is 0.493 e. The fourth-order valence-electron chi connectivity index (χ4n) is 2.29. The van der Waals surface area contributed by atoms with E-state index < -0.39 is 0 Å². The second-order valence-corrected chi connectivity index (χ2v) is 5.16. The summed E-state index contributed by atoms with van der Waals surface area (Å²) >= 11 is 0. The molecule has 126 valence electrons. The lowest BCUT2D eigenvalue weighted by Crippen LogP contribution is -2.11. The minimum absolute atomic E-state index is 0.0206. The van der Waals surface area contributed by atoms with Gasteiger partial charge in [0, 0.05) is 0 Å². The van der Waals surface area contributed by atoms with Crippen LogP contribution in [0.5, 0.6) is 17.2 Å². The normalized spacial score (nSPS) is 10.6. The zero-order chi connectivity index (χ0) is 17.4. The molecule has 4 heteroatoms. The molecule has 0 aliphatic carbocycles. The average molecular weight is 326 g/mol. The van der Waals surface area contributed by atoms with Crippen LogP contribution in [0, 0.1) is 0 Å². The Kier molecular flexibility index (Phi) is 6.43. The number of ketones is 1. The van der Waals surface area contributed by atoms with Gasteiger partial charge in [0.05, 0.1) is 12.7 Å². The van der Waals surface area contributed by atoms with Gasteiger partial charge in [0.25, 0.3) is 0 Å². The van der Waals surface area contributed by atoms with Crippen LogP contribution in [0.15, 0.2) is 48.5 Å². The molecule has 24 heavy (non-hydrogen) atoms. The van der Waals surface area contributed by atoms with E-state index in [1.54, 1.807) is 19.2 Å². The fraction of sp³-hybridized carbons (Fsp3) is 0.250. The number of methoxy groups -OCH3 is 1. The van der Waals surface area contributed by atoms with Crippen LogP contribution in [0.3, 0.4) is 0 Å². The Morgan fingerprint density at radius 1 is 1.00 bits per heavy atom. The number of benzene rings is 2. The summed E-state index contributed by atoms with van der Waals surface area (Å²) in [4.78, 5) is 11.6. The van der Waals surface area contributed by atoms with Gasteiger partial charge in [-0.3, -0.25) is 4.79 Å². The SMILES string of the molecule is CC=Cc1ccc(OCCOc2ccccc2C(C)=O)c(OC)c1. The van der Waals surface area contributed by atoms with E-state index >= 15 is 0 Å². The van der Waals surface area contributed by atoms with Gasteiger partial charge in [0.2, 0.25) is 0 Å². The molecule has 0 saturated carbocycles. The third-order valence-electron chi connectivity index (χ3n) is 3.41. The van der Waals surface area contributed by atoms with Crippen molar-refractivity contribution in [3.05, 3.63) is 59.7 Å².